The van der Waals surface area contributed by atoms with Crippen LogP contribution in [0.25, 0.3) is 11.0 Å². The largest absolute Gasteiger partial charge is 0.464 e. The van der Waals surface area contributed by atoms with Crippen LogP contribution in [0.2, 0.25) is 0 Å². The van der Waals surface area contributed by atoms with Crippen molar-refractivity contribution >= 4 is 22.8 Å². The summed E-state index contributed by atoms with van der Waals surface area (Å²) in [4.78, 5) is 43.7. The Hall–Kier alpha value is -4.66. The first kappa shape index (κ1) is 27.9. The third-order valence-corrected chi connectivity index (χ3v) is 6.96. The smallest absolute Gasteiger partial charge is 0.254 e. The Morgan fingerprint density at radius 1 is 0.927 bits per heavy atom. The number of carbonyl (C=O) groups excluding carboxylic acids is 2. The number of para-hydroxylation sites is 1. The average molecular weight is 559 g/mol. The van der Waals surface area contributed by atoms with Crippen LogP contribution in [0.1, 0.15) is 41.8 Å². The van der Waals surface area contributed by atoms with Gasteiger partial charge in [0.2, 0.25) is 12.7 Å². The Bertz CT molecular complexity index is 1620. The molecule has 0 radical (unpaired) electrons. The Morgan fingerprint density at radius 3 is 2.46 bits per heavy atom. The maximum atomic E-state index is 13.9. The van der Waals surface area contributed by atoms with Gasteiger partial charge in [-0.3, -0.25) is 14.4 Å². The molecule has 212 valence electrons. The van der Waals surface area contributed by atoms with Gasteiger partial charge in [0.1, 0.15) is 17.9 Å². The Balaban J connectivity index is 1.43. The molecular formula is C32H31FN2O6. The minimum atomic E-state index is -0.393. The molecule has 0 spiro atoms. The third-order valence-electron chi connectivity index (χ3n) is 6.96. The van der Waals surface area contributed by atoms with Crippen LogP contribution < -0.4 is 14.9 Å². The summed E-state index contributed by atoms with van der Waals surface area (Å²) in [6, 6.07) is 17.7. The van der Waals surface area contributed by atoms with Gasteiger partial charge in [-0.15, -0.1) is 0 Å². The molecule has 0 bridgehead atoms. The molecule has 8 nitrogen and oxygen atoms in total. The van der Waals surface area contributed by atoms with Crippen molar-refractivity contribution in [2.75, 3.05) is 19.9 Å². The fourth-order valence-electron chi connectivity index (χ4n) is 4.62. The number of benzene rings is 3. The second kappa shape index (κ2) is 12.2. The predicted octanol–water partition coefficient (Wildman–Crippen LogP) is 5.38. The van der Waals surface area contributed by atoms with Crippen molar-refractivity contribution < 1.29 is 27.9 Å². The maximum absolute atomic E-state index is 13.9. The van der Waals surface area contributed by atoms with E-state index in [0.717, 1.165) is 0 Å². The number of rotatable bonds is 10. The number of fused-ring (bicyclic) bond motifs is 2. The van der Waals surface area contributed by atoms with Crippen molar-refractivity contribution in [3.05, 3.63) is 106 Å². The molecule has 0 atom stereocenters. The number of amides is 2. The minimum absolute atomic E-state index is 0.0421. The molecule has 0 saturated heterocycles. The van der Waals surface area contributed by atoms with Crippen LogP contribution in [0.15, 0.2) is 82.2 Å². The van der Waals surface area contributed by atoms with Gasteiger partial charge in [0.15, 0.2) is 16.9 Å². The standard InChI is InChI=1S/C32H31FN2O6/c1-21(2)13-14-34(32(38)23-9-12-28-29(15-23)41-20-40-28)18-30(36)35(16-22-7-10-25(33)11-8-22)17-24-19-39-27-6-4-3-5-26(27)31(24)37/h3-12,15,19,21H,13-14,16-18,20H2,1-2H3. The first-order chi connectivity index (χ1) is 19.8. The monoisotopic (exact) mass is 558 g/mol. The number of halogens is 1. The van der Waals surface area contributed by atoms with Crippen molar-refractivity contribution in [3.63, 3.8) is 0 Å². The minimum Gasteiger partial charge on any atom is -0.464 e. The van der Waals surface area contributed by atoms with Gasteiger partial charge in [-0.2, -0.15) is 0 Å². The molecule has 0 N–H and O–H groups in total. The molecule has 1 aliphatic rings. The first-order valence-electron chi connectivity index (χ1n) is 13.5. The summed E-state index contributed by atoms with van der Waals surface area (Å²) < 4.78 is 30.1. The first-order valence-corrected chi connectivity index (χ1v) is 13.5. The van der Waals surface area contributed by atoms with Gasteiger partial charge < -0.3 is 23.7 Å². The maximum Gasteiger partial charge on any atom is 0.254 e. The molecule has 0 saturated carbocycles. The molecule has 2 amide bonds. The number of carbonyl (C=O) groups is 2. The van der Waals surface area contributed by atoms with Crippen molar-refractivity contribution in [1.29, 1.82) is 0 Å². The summed E-state index contributed by atoms with van der Waals surface area (Å²) in [6.45, 7) is 4.40. The molecule has 2 heterocycles. The van der Waals surface area contributed by atoms with Gasteiger partial charge in [-0.1, -0.05) is 38.1 Å². The fraction of sp³-hybridized carbons (Fsp3) is 0.281. The zero-order valence-electron chi connectivity index (χ0n) is 23.0. The highest BCUT2D eigenvalue weighted by Crippen LogP contribution is 2.33. The van der Waals surface area contributed by atoms with E-state index in [1.54, 1.807) is 54.6 Å². The van der Waals surface area contributed by atoms with Crippen molar-refractivity contribution in [1.82, 2.24) is 9.80 Å². The molecular weight excluding hydrogens is 527 g/mol. The molecule has 4 aromatic rings. The second-order valence-corrected chi connectivity index (χ2v) is 10.4. The van der Waals surface area contributed by atoms with Crippen LogP contribution in [0.5, 0.6) is 11.5 Å². The number of hydrogen-bond acceptors (Lipinski definition) is 6. The Morgan fingerprint density at radius 2 is 1.68 bits per heavy atom. The van der Waals surface area contributed by atoms with Crippen LogP contribution in [-0.2, 0) is 17.9 Å². The van der Waals surface area contributed by atoms with Crippen molar-refractivity contribution in [2.45, 2.75) is 33.4 Å². The zero-order valence-corrected chi connectivity index (χ0v) is 23.0. The van der Waals surface area contributed by atoms with Gasteiger partial charge in [-0.05, 0) is 60.4 Å². The lowest BCUT2D eigenvalue weighted by atomic mass is 10.1. The Labute approximate surface area is 236 Å². The lowest BCUT2D eigenvalue weighted by Gasteiger charge is -2.28. The van der Waals surface area contributed by atoms with Gasteiger partial charge in [0.25, 0.3) is 5.91 Å². The summed E-state index contributed by atoms with van der Waals surface area (Å²) in [7, 11) is 0. The molecule has 9 heteroatoms. The third kappa shape index (κ3) is 6.57. The molecule has 0 aliphatic carbocycles. The topological polar surface area (TPSA) is 89.3 Å². The lowest BCUT2D eigenvalue weighted by Crippen LogP contribution is -2.43. The van der Waals surface area contributed by atoms with Gasteiger partial charge in [0, 0.05) is 18.7 Å². The predicted molar refractivity (Wildman–Crippen MR) is 151 cm³/mol. The molecule has 0 fully saturated rings. The fourth-order valence-corrected chi connectivity index (χ4v) is 4.62. The van der Waals surface area contributed by atoms with E-state index in [1.807, 2.05) is 13.8 Å². The van der Waals surface area contributed by atoms with Gasteiger partial charge >= 0.3 is 0 Å². The van der Waals surface area contributed by atoms with E-state index in [9.17, 15) is 18.8 Å². The highest BCUT2D eigenvalue weighted by molar-refractivity contribution is 5.97. The van der Waals surface area contributed by atoms with E-state index in [0.29, 0.717) is 58.0 Å². The molecule has 1 aromatic heterocycles. The summed E-state index contributed by atoms with van der Waals surface area (Å²) in [6.07, 6.45) is 2.06. The number of ether oxygens (including phenoxy) is 2. The Kier molecular flexibility index (Phi) is 8.33. The van der Waals surface area contributed by atoms with Crippen LogP contribution in [0.3, 0.4) is 0 Å². The highest BCUT2D eigenvalue weighted by atomic mass is 19.1. The zero-order chi connectivity index (χ0) is 28.9. The van der Waals surface area contributed by atoms with Crippen molar-refractivity contribution in [2.24, 2.45) is 5.92 Å². The quantitative estimate of drug-likeness (QED) is 0.260. The molecule has 41 heavy (non-hydrogen) atoms. The molecule has 0 unspecified atom stereocenters. The number of hydrogen-bond donors (Lipinski definition) is 0. The van der Waals surface area contributed by atoms with E-state index in [1.165, 1.54) is 28.2 Å². The van der Waals surface area contributed by atoms with Gasteiger partial charge in [-0.25, -0.2) is 4.39 Å². The highest BCUT2D eigenvalue weighted by Gasteiger charge is 2.25. The summed E-state index contributed by atoms with van der Waals surface area (Å²) in [5, 5.41) is 0.413. The van der Waals surface area contributed by atoms with E-state index in [2.05, 4.69) is 0 Å². The van der Waals surface area contributed by atoms with Crippen molar-refractivity contribution in [3.8, 4) is 11.5 Å². The van der Waals surface area contributed by atoms with E-state index < -0.39 is 5.82 Å². The summed E-state index contributed by atoms with van der Waals surface area (Å²) >= 11 is 0. The SMILES string of the molecule is CC(C)CCN(CC(=O)N(Cc1ccc(F)cc1)Cc1coc2ccccc2c1=O)C(=O)c1ccc2c(c1)OCO2. The summed E-state index contributed by atoms with van der Waals surface area (Å²) in [5.74, 6) is 0.271. The molecule has 3 aromatic carbocycles. The van der Waals surface area contributed by atoms with Crippen LogP contribution in [0, 0.1) is 11.7 Å². The molecule has 1 aliphatic heterocycles. The summed E-state index contributed by atoms with van der Waals surface area (Å²) in [5.41, 5.74) is 1.57. The lowest BCUT2D eigenvalue weighted by molar-refractivity contribution is -0.133. The van der Waals surface area contributed by atoms with Crippen LogP contribution >= 0.6 is 0 Å². The van der Waals surface area contributed by atoms with Crippen LogP contribution in [-0.4, -0.2) is 41.5 Å². The van der Waals surface area contributed by atoms with Gasteiger partial charge in [0.05, 0.1) is 23.8 Å². The second-order valence-electron chi connectivity index (χ2n) is 10.4. The average Bonchev–Trinajstić information content (AvgIpc) is 3.45. The van der Waals surface area contributed by atoms with E-state index in [-0.39, 0.29) is 43.7 Å². The van der Waals surface area contributed by atoms with E-state index >= 15 is 0 Å². The molecule has 5 rings (SSSR count). The normalized spacial score (nSPS) is 12.1. The number of nitrogens with zero attached hydrogens (tertiary/aromatic N) is 2. The van der Waals surface area contributed by atoms with E-state index in [4.69, 9.17) is 13.9 Å². The van der Waals surface area contributed by atoms with Crippen LogP contribution in [0.4, 0.5) is 4.39 Å².